The van der Waals surface area contributed by atoms with E-state index < -0.39 is 6.29 Å². The zero-order valence-electron chi connectivity index (χ0n) is 16.9. The van der Waals surface area contributed by atoms with E-state index in [0.29, 0.717) is 31.2 Å². The number of halogens is 1. The van der Waals surface area contributed by atoms with Crippen LogP contribution in [0.5, 0.6) is 0 Å². The van der Waals surface area contributed by atoms with Gasteiger partial charge in [-0.15, -0.1) is 0 Å². The van der Waals surface area contributed by atoms with Crippen LogP contribution in [0.3, 0.4) is 0 Å². The van der Waals surface area contributed by atoms with E-state index in [1.54, 1.807) is 12.1 Å². The molecule has 0 unspecified atom stereocenters. The molecule has 2 aliphatic rings. The molecule has 29 heavy (non-hydrogen) atoms. The Morgan fingerprint density at radius 3 is 2.66 bits per heavy atom. The van der Waals surface area contributed by atoms with Gasteiger partial charge in [0, 0.05) is 19.6 Å². The van der Waals surface area contributed by atoms with Crippen molar-refractivity contribution in [1.29, 1.82) is 0 Å². The molecule has 1 aliphatic carbocycles. The first-order valence-electron chi connectivity index (χ1n) is 10.8. The summed E-state index contributed by atoms with van der Waals surface area (Å²) in [4.78, 5) is 12.7. The summed E-state index contributed by atoms with van der Waals surface area (Å²) in [5.74, 6) is 0.601. The molecule has 160 valence electrons. The second-order valence-electron chi connectivity index (χ2n) is 7.99. The molecule has 1 amide bonds. The number of aliphatic hydroxyl groups is 1. The topological polar surface area (TPSA) is 67.8 Å². The SMILES string of the molecule is O=C(NCc1ccc(F)cc1)C1=C[C@@H](C2CCCCC2)C[C@@H](OCCCCO)O1. The molecule has 6 heteroatoms. The van der Waals surface area contributed by atoms with Crippen molar-refractivity contribution in [3.05, 3.63) is 47.5 Å². The lowest BCUT2D eigenvalue weighted by molar-refractivity contribution is -0.151. The molecule has 2 atom stereocenters. The van der Waals surface area contributed by atoms with Gasteiger partial charge in [-0.2, -0.15) is 0 Å². The number of carbonyl (C=O) groups excluding carboxylic acids is 1. The van der Waals surface area contributed by atoms with Crippen LogP contribution in [-0.4, -0.2) is 30.5 Å². The molecule has 1 aromatic carbocycles. The number of benzene rings is 1. The third-order valence-electron chi connectivity index (χ3n) is 5.79. The zero-order valence-corrected chi connectivity index (χ0v) is 16.9. The predicted molar refractivity (Wildman–Crippen MR) is 108 cm³/mol. The van der Waals surface area contributed by atoms with E-state index in [1.165, 1.54) is 44.2 Å². The van der Waals surface area contributed by atoms with Gasteiger partial charge in [-0.3, -0.25) is 4.79 Å². The Labute approximate surface area is 172 Å². The fourth-order valence-electron chi connectivity index (χ4n) is 4.14. The lowest BCUT2D eigenvalue weighted by Crippen LogP contribution is -2.35. The average Bonchev–Trinajstić information content (AvgIpc) is 2.76. The molecular weight excluding hydrogens is 373 g/mol. The van der Waals surface area contributed by atoms with Crippen LogP contribution in [0, 0.1) is 17.7 Å². The first-order chi connectivity index (χ1) is 14.2. The maximum Gasteiger partial charge on any atom is 0.286 e. The molecule has 0 bridgehead atoms. The summed E-state index contributed by atoms with van der Waals surface area (Å²) >= 11 is 0. The molecule has 1 heterocycles. The summed E-state index contributed by atoms with van der Waals surface area (Å²) in [6.45, 7) is 0.972. The highest BCUT2D eigenvalue weighted by molar-refractivity contribution is 5.91. The Balaban J connectivity index is 1.61. The molecule has 3 rings (SSSR count). The van der Waals surface area contributed by atoms with Crippen molar-refractivity contribution in [3.8, 4) is 0 Å². The molecule has 1 aromatic rings. The first kappa shape index (κ1) is 21.8. The number of carbonyl (C=O) groups is 1. The minimum Gasteiger partial charge on any atom is -0.459 e. The third kappa shape index (κ3) is 6.82. The third-order valence-corrected chi connectivity index (χ3v) is 5.79. The molecule has 0 aromatic heterocycles. The fraction of sp³-hybridized carbons (Fsp3) is 0.609. The van der Waals surface area contributed by atoms with Crippen LogP contribution in [0.2, 0.25) is 0 Å². The molecule has 1 aliphatic heterocycles. The van der Waals surface area contributed by atoms with E-state index in [4.69, 9.17) is 14.6 Å². The van der Waals surface area contributed by atoms with Crippen LogP contribution in [-0.2, 0) is 20.8 Å². The van der Waals surface area contributed by atoms with Crippen LogP contribution in [0.15, 0.2) is 36.1 Å². The van der Waals surface area contributed by atoms with Crippen LogP contribution >= 0.6 is 0 Å². The predicted octanol–water partition coefficient (Wildman–Crippen LogP) is 4.06. The highest BCUT2D eigenvalue weighted by atomic mass is 19.1. The van der Waals surface area contributed by atoms with Crippen LogP contribution in [0.1, 0.15) is 56.9 Å². The standard InChI is InChI=1S/C23H32FNO4/c24-20-10-8-17(9-11-20)16-25-23(27)21-14-19(18-6-2-1-3-7-18)15-22(29-21)28-13-5-4-12-26/h8-11,14,18-19,22,26H,1-7,12-13,15-16H2,(H,25,27)/t19-,22+/m1/s1. The van der Waals surface area contributed by atoms with Crippen LogP contribution < -0.4 is 5.32 Å². The van der Waals surface area contributed by atoms with Crippen molar-refractivity contribution < 1.29 is 23.8 Å². The van der Waals surface area contributed by atoms with Crippen LogP contribution in [0.25, 0.3) is 0 Å². The summed E-state index contributed by atoms with van der Waals surface area (Å²) in [5, 5.41) is 11.8. The average molecular weight is 406 g/mol. The largest absolute Gasteiger partial charge is 0.459 e. The molecule has 2 N–H and O–H groups in total. The maximum atomic E-state index is 13.0. The summed E-state index contributed by atoms with van der Waals surface area (Å²) in [6, 6.07) is 6.08. The number of aliphatic hydroxyl groups excluding tert-OH is 1. The van der Waals surface area contributed by atoms with Crippen molar-refractivity contribution in [1.82, 2.24) is 5.32 Å². The van der Waals surface area contributed by atoms with Crippen molar-refractivity contribution in [3.63, 3.8) is 0 Å². The number of unbranched alkanes of at least 4 members (excludes halogenated alkanes) is 1. The van der Waals surface area contributed by atoms with E-state index in [9.17, 15) is 9.18 Å². The second-order valence-corrected chi connectivity index (χ2v) is 7.99. The van der Waals surface area contributed by atoms with Gasteiger partial charge >= 0.3 is 0 Å². The van der Waals surface area contributed by atoms with Gasteiger partial charge in [0.2, 0.25) is 6.29 Å². The van der Waals surface area contributed by atoms with Crippen molar-refractivity contribution in [2.75, 3.05) is 13.2 Å². The van der Waals surface area contributed by atoms with Crippen molar-refractivity contribution in [2.24, 2.45) is 11.8 Å². The van der Waals surface area contributed by atoms with Gasteiger partial charge < -0.3 is 19.9 Å². The summed E-state index contributed by atoms with van der Waals surface area (Å²) in [6.07, 6.45) is 9.90. The number of rotatable bonds is 9. The quantitative estimate of drug-likeness (QED) is 0.608. The van der Waals surface area contributed by atoms with Gasteiger partial charge in [0.1, 0.15) is 5.82 Å². The monoisotopic (exact) mass is 405 g/mol. The Bertz CT molecular complexity index is 670. The Morgan fingerprint density at radius 1 is 1.17 bits per heavy atom. The minimum atomic E-state index is -0.433. The molecule has 1 saturated carbocycles. The Morgan fingerprint density at radius 2 is 1.93 bits per heavy atom. The Hall–Kier alpha value is -1.92. The van der Waals surface area contributed by atoms with Gasteiger partial charge in [-0.25, -0.2) is 4.39 Å². The summed E-state index contributed by atoms with van der Waals surface area (Å²) in [5.41, 5.74) is 0.830. The van der Waals surface area contributed by atoms with E-state index >= 15 is 0 Å². The second kappa shape index (κ2) is 11.3. The van der Waals surface area contributed by atoms with Gasteiger partial charge in [-0.1, -0.05) is 31.4 Å². The highest BCUT2D eigenvalue weighted by Gasteiger charge is 2.32. The number of hydrogen-bond acceptors (Lipinski definition) is 4. The minimum absolute atomic E-state index is 0.149. The fourth-order valence-corrected chi connectivity index (χ4v) is 4.14. The van der Waals surface area contributed by atoms with E-state index in [2.05, 4.69) is 5.32 Å². The number of allylic oxidation sites excluding steroid dienone is 1. The van der Waals surface area contributed by atoms with E-state index in [-0.39, 0.29) is 24.2 Å². The van der Waals surface area contributed by atoms with Gasteiger partial charge in [0.25, 0.3) is 5.91 Å². The molecule has 0 spiro atoms. The molecule has 0 radical (unpaired) electrons. The van der Waals surface area contributed by atoms with Crippen molar-refractivity contribution in [2.45, 2.75) is 64.2 Å². The normalized spacial score (nSPS) is 22.6. The lowest BCUT2D eigenvalue weighted by atomic mass is 9.77. The zero-order chi connectivity index (χ0) is 20.5. The molecular formula is C23H32FNO4. The summed E-state index contributed by atoms with van der Waals surface area (Å²) < 4.78 is 24.8. The summed E-state index contributed by atoms with van der Waals surface area (Å²) in [7, 11) is 0. The van der Waals surface area contributed by atoms with E-state index in [0.717, 1.165) is 18.4 Å². The highest BCUT2D eigenvalue weighted by Crippen LogP contribution is 2.37. The molecule has 1 fully saturated rings. The molecule has 0 saturated heterocycles. The number of ether oxygens (including phenoxy) is 2. The Kier molecular flexibility index (Phi) is 8.50. The lowest BCUT2D eigenvalue weighted by Gasteiger charge is -2.35. The van der Waals surface area contributed by atoms with Crippen LogP contribution in [0.4, 0.5) is 4.39 Å². The number of amides is 1. The first-order valence-corrected chi connectivity index (χ1v) is 10.8. The molecule has 5 nitrogen and oxygen atoms in total. The maximum absolute atomic E-state index is 13.0. The van der Waals surface area contributed by atoms with Crippen molar-refractivity contribution >= 4 is 5.91 Å². The number of hydrogen-bond donors (Lipinski definition) is 2. The number of nitrogens with one attached hydrogen (secondary N) is 1. The van der Waals surface area contributed by atoms with Gasteiger partial charge in [0.05, 0.1) is 6.61 Å². The van der Waals surface area contributed by atoms with E-state index in [1.807, 2.05) is 6.08 Å². The van der Waals surface area contributed by atoms with Gasteiger partial charge in [0.15, 0.2) is 5.76 Å². The van der Waals surface area contributed by atoms with Gasteiger partial charge in [-0.05, 0) is 61.3 Å². The smallest absolute Gasteiger partial charge is 0.286 e.